The number of benzene rings is 2. The first-order chi connectivity index (χ1) is 10.3. The maximum atomic E-state index is 4.74. The highest BCUT2D eigenvalue weighted by Gasteiger charge is 2.06. The minimum atomic E-state index is 1.10. The van der Waals surface area contributed by atoms with Crippen LogP contribution in [0.3, 0.4) is 0 Å². The Hall–Kier alpha value is -1.93. The highest BCUT2D eigenvalue weighted by molar-refractivity contribution is 7.21. The van der Waals surface area contributed by atoms with Crippen molar-refractivity contribution in [1.29, 1.82) is 0 Å². The molecule has 0 aliphatic heterocycles. The second-order valence-corrected chi connectivity index (χ2v) is 6.33. The van der Waals surface area contributed by atoms with Crippen LogP contribution in [0.5, 0.6) is 0 Å². The molecule has 2 heteroatoms. The lowest BCUT2D eigenvalue weighted by Crippen LogP contribution is -1.83. The third-order valence-corrected chi connectivity index (χ3v) is 4.65. The van der Waals surface area contributed by atoms with Gasteiger partial charge in [0.05, 0.1) is 10.2 Å². The van der Waals surface area contributed by atoms with Crippen LogP contribution in [0.4, 0.5) is 0 Å². The van der Waals surface area contributed by atoms with Gasteiger partial charge in [0.2, 0.25) is 0 Å². The molecule has 0 aliphatic carbocycles. The smallest absolute Gasteiger partial charge is 0.124 e. The molecule has 0 amide bonds. The lowest BCUT2D eigenvalue weighted by atomic mass is 10.1. The normalized spacial score (nSPS) is 11.5. The SMILES string of the molecule is C/C=C/CCc1ccc(-c2nc3ccc(C)cc3s2)cc1. The largest absolute Gasteiger partial charge is 0.236 e. The monoisotopic (exact) mass is 293 g/mol. The van der Waals surface area contributed by atoms with E-state index in [2.05, 4.69) is 68.5 Å². The van der Waals surface area contributed by atoms with E-state index < -0.39 is 0 Å². The molecule has 0 spiro atoms. The highest BCUT2D eigenvalue weighted by Crippen LogP contribution is 2.30. The second-order valence-electron chi connectivity index (χ2n) is 5.29. The van der Waals surface area contributed by atoms with Gasteiger partial charge >= 0.3 is 0 Å². The number of nitrogens with zero attached hydrogens (tertiary/aromatic N) is 1. The third kappa shape index (κ3) is 3.22. The van der Waals surface area contributed by atoms with Crippen LogP contribution in [0.1, 0.15) is 24.5 Å². The Morgan fingerprint density at radius 2 is 1.90 bits per heavy atom. The van der Waals surface area contributed by atoms with E-state index >= 15 is 0 Å². The molecule has 0 radical (unpaired) electrons. The van der Waals surface area contributed by atoms with E-state index in [4.69, 9.17) is 4.98 Å². The van der Waals surface area contributed by atoms with E-state index in [9.17, 15) is 0 Å². The Morgan fingerprint density at radius 3 is 2.67 bits per heavy atom. The van der Waals surface area contributed by atoms with Crippen molar-refractivity contribution in [3.8, 4) is 10.6 Å². The summed E-state index contributed by atoms with van der Waals surface area (Å²) in [6.07, 6.45) is 6.53. The fourth-order valence-electron chi connectivity index (χ4n) is 2.39. The quantitative estimate of drug-likeness (QED) is 0.556. The highest BCUT2D eigenvalue weighted by atomic mass is 32.1. The van der Waals surface area contributed by atoms with E-state index in [1.54, 1.807) is 11.3 Å². The van der Waals surface area contributed by atoms with Gasteiger partial charge in [0.1, 0.15) is 5.01 Å². The van der Waals surface area contributed by atoms with Gasteiger partial charge in [-0.05, 0) is 49.9 Å². The summed E-state index contributed by atoms with van der Waals surface area (Å²) in [5.74, 6) is 0. The predicted octanol–water partition coefficient (Wildman–Crippen LogP) is 5.78. The van der Waals surface area contributed by atoms with Crippen LogP contribution in [0, 0.1) is 6.92 Å². The minimum Gasteiger partial charge on any atom is -0.236 e. The average molecular weight is 293 g/mol. The van der Waals surface area contributed by atoms with Crippen LogP contribution in [0.2, 0.25) is 0 Å². The van der Waals surface area contributed by atoms with E-state index in [1.807, 2.05) is 0 Å². The van der Waals surface area contributed by atoms with E-state index in [1.165, 1.54) is 21.4 Å². The number of rotatable bonds is 4. The van der Waals surface area contributed by atoms with Gasteiger partial charge in [-0.1, -0.05) is 42.5 Å². The van der Waals surface area contributed by atoms with Crippen LogP contribution in [-0.2, 0) is 6.42 Å². The van der Waals surface area contributed by atoms with Gasteiger partial charge in [0.15, 0.2) is 0 Å². The molecule has 1 aromatic heterocycles. The van der Waals surface area contributed by atoms with Crippen molar-refractivity contribution in [3.63, 3.8) is 0 Å². The number of thiazole rings is 1. The van der Waals surface area contributed by atoms with Crippen molar-refractivity contribution in [2.75, 3.05) is 0 Å². The Balaban J connectivity index is 1.84. The van der Waals surface area contributed by atoms with Crippen molar-refractivity contribution >= 4 is 21.6 Å². The molecule has 1 nitrogen and oxygen atoms in total. The molecule has 21 heavy (non-hydrogen) atoms. The maximum absolute atomic E-state index is 4.74. The second kappa shape index (κ2) is 6.23. The molecule has 2 aromatic carbocycles. The molecule has 106 valence electrons. The topological polar surface area (TPSA) is 12.9 Å². The lowest BCUT2D eigenvalue weighted by Gasteiger charge is -2.00. The lowest BCUT2D eigenvalue weighted by molar-refractivity contribution is 1.000. The Labute approximate surface area is 130 Å². The van der Waals surface area contributed by atoms with Crippen LogP contribution < -0.4 is 0 Å². The maximum Gasteiger partial charge on any atom is 0.124 e. The fraction of sp³-hybridized carbons (Fsp3) is 0.211. The molecule has 0 saturated heterocycles. The molecule has 3 aromatic rings. The van der Waals surface area contributed by atoms with Crippen LogP contribution in [-0.4, -0.2) is 4.98 Å². The molecule has 0 unspecified atom stereocenters. The standard InChI is InChI=1S/C19H19NS/c1-3-4-5-6-15-8-10-16(11-9-15)19-20-17-12-7-14(2)13-18(17)21-19/h3-4,7-13H,5-6H2,1-2H3/b4-3+. The number of aromatic nitrogens is 1. The molecule has 0 aliphatic rings. The predicted molar refractivity (Wildman–Crippen MR) is 92.9 cm³/mol. The van der Waals surface area contributed by atoms with Gasteiger partial charge in [-0.15, -0.1) is 11.3 Å². The van der Waals surface area contributed by atoms with E-state index in [-0.39, 0.29) is 0 Å². The van der Waals surface area contributed by atoms with Crippen LogP contribution in [0.15, 0.2) is 54.6 Å². The zero-order chi connectivity index (χ0) is 14.7. The van der Waals surface area contributed by atoms with E-state index in [0.717, 1.165) is 23.4 Å². The van der Waals surface area contributed by atoms with Gasteiger partial charge in [-0.2, -0.15) is 0 Å². The molecule has 3 rings (SSSR count). The third-order valence-electron chi connectivity index (χ3n) is 3.58. The van der Waals surface area contributed by atoms with Crippen molar-refractivity contribution < 1.29 is 0 Å². The Morgan fingerprint density at radius 1 is 1.10 bits per heavy atom. The van der Waals surface area contributed by atoms with Crippen molar-refractivity contribution in [2.45, 2.75) is 26.7 Å². The Kier molecular flexibility index (Phi) is 4.16. The fourth-order valence-corrected chi connectivity index (χ4v) is 3.46. The van der Waals surface area contributed by atoms with E-state index in [0.29, 0.717) is 0 Å². The summed E-state index contributed by atoms with van der Waals surface area (Å²) in [4.78, 5) is 4.74. The summed E-state index contributed by atoms with van der Waals surface area (Å²) in [6, 6.07) is 15.3. The first-order valence-corrected chi connectivity index (χ1v) is 8.15. The molecule has 0 bridgehead atoms. The first-order valence-electron chi connectivity index (χ1n) is 7.34. The molecule has 1 heterocycles. The van der Waals surface area contributed by atoms with Gasteiger partial charge < -0.3 is 0 Å². The molecular weight excluding hydrogens is 274 g/mol. The summed E-state index contributed by atoms with van der Waals surface area (Å²) in [5.41, 5.74) is 4.98. The summed E-state index contributed by atoms with van der Waals surface area (Å²) in [6.45, 7) is 4.19. The Bertz CT molecular complexity index is 766. The number of aryl methyl sites for hydroxylation is 2. The number of hydrogen-bond donors (Lipinski definition) is 0. The number of allylic oxidation sites excluding steroid dienone is 2. The molecule has 0 N–H and O–H groups in total. The molecule has 0 fully saturated rings. The molecular formula is C19H19NS. The summed E-state index contributed by atoms with van der Waals surface area (Å²) in [5, 5.41) is 1.11. The number of fused-ring (bicyclic) bond motifs is 1. The van der Waals surface area contributed by atoms with Gasteiger partial charge in [0, 0.05) is 5.56 Å². The first kappa shape index (κ1) is 14.0. The van der Waals surface area contributed by atoms with Crippen molar-refractivity contribution in [2.24, 2.45) is 0 Å². The summed E-state index contributed by atoms with van der Waals surface area (Å²) < 4.78 is 1.27. The van der Waals surface area contributed by atoms with Crippen molar-refractivity contribution in [1.82, 2.24) is 4.98 Å². The summed E-state index contributed by atoms with van der Waals surface area (Å²) in [7, 11) is 0. The average Bonchev–Trinajstić information content (AvgIpc) is 2.91. The van der Waals surface area contributed by atoms with Gasteiger partial charge in [0.25, 0.3) is 0 Å². The minimum absolute atomic E-state index is 1.10. The van der Waals surface area contributed by atoms with Crippen molar-refractivity contribution in [3.05, 3.63) is 65.7 Å². The number of hydrogen-bond acceptors (Lipinski definition) is 2. The zero-order valence-electron chi connectivity index (χ0n) is 12.5. The van der Waals surface area contributed by atoms with Crippen LogP contribution in [0.25, 0.3) is 20.8 Å². The van der Waals surface area contributed by atoms with Gasteiger partial charge in [-0.3, -0.25) is 0 Å². The zero-order valence-corrected chi connectivity index (χ0v) is 13.3. The summed E-state index contributed by atoms with van der Waals surface area (Å²) >= 11 is 1.77. The van der Waals surface area contributed by atoms with Crippen LogP contribution >= 0.6 is 11.3 Å². The molecule has 0 atom stereocenters. The van der Waals surface area contributed by atoms with Gasteiger partial charge in [-0.25, -0.2) is 4.98 Å². The molecule has 0 saturated carbocycles.